The van der Waals surface area contributed by atoms with E-state index in [0.717, 1.165) is 22.1 Å². The van der Waals surface area contributed by atoms with Gasteiger partial charge in [0.05, 0.1) is 12.7 Å². The van der Waals surface area contributed by atoms with Crippen LogP contribution >= 0.6 is 0 Å². The molecule has 0 fully saturated rings. The summed E-state index contributed by atoms with van der Waals surface area (Å²) in [7, 11) is 0. The van der Waals surface area contributed by atoms with Crippen molar-refractivity contribution < 1.29 is 9.21 Å². The molecule has 2 aromatic carbocycles. The summed E-state index contributed by atoms with van der Waals surface area (Å²) >= 11 is 0. The van der Waals surface area contributed by atoms with Crippen LogP contribution in [0.2, 0.25) is 0 Å². The van der Waals surface area contributed by atoms with Gasteiger partial charge in [-0.25, -0.2) is 0 Å². The van der Waals surface area contributed by atoms with E-state index >= 15 is 0 Å². The number of benzene rings is 2. The lowest BCUT2D eigenvalue weighted by Gasteiger charge is -2.05. The molecule has 3 heteroatoms. The molecule has 0 radical (unpaired) electrons. The standard InChI is InChI=1S/C19H19NO2/c1-13-8-17-16(12-22-18(17)9-14(13)2)10-19(21)20-11-15-6-4-3-5-7-15/h3-9,12H,10-11H2,1-2H3,(H,20,21). The minimum Gasteiger partial charge on any atom is -0.464 e. The van der Waals surface area contributed by atoms with E-state index in [9.17, 15) is 4.79 Å². The fourth-order valence-corrected chi connectivity index (χ4v) is 2.51. The third-order valence-electron chi connectivity index (χ3n) is 3.95. The highest BCUT2D eigenvalue weighted by atomic mass is 16.3. The van der Waals surface area contributed by atoms with Crippen LogP contribution < -0.4 is 5.32 Å². The molecule has 1 N–H and O–H groups in total. The van der Waals surface area contributed by atoms with Crippen molar-refractivity contribution in [3.05, 3.63) is 71.0 Å². The zero-order valence-electron chi connectivity index (χ0n) is 12.8. The van der Waals surface area contributed by atoms with Gasteiger partial charge in [-0.05, 0) is 42.7 Å². The summed E-state index contributed by atoms with van der Waals surface area (Å²) in [6.07, 6.45) is 2.02. The van der Waals surface area contributed by atoms with Gasteiger partial charge in [0.1, 0.15) is 5.58 Å². The second-order valence-corrected chi connectivity index (χ2v) is 5.63. The molecule has 22 heavy (non-hydrogen) atoms. The van der Waals surface area contributed by atoms with Crippen LogP contribution in [-0.4, -0.2) is 5.91 Å². The topological polar surface area (TPSA) is 42.2 Å². The van der Waals surface area contributed by atoms with E-state index in [1.54, 1.807) is 6.26 Å². The molecule has 0 unspecified atom stereocenters. The Morgan fingerprint density at radius 3 is 2.59 bits per heavy atom. The quantitative estimate of drug-likeness (QED) is 0.792. The molecule has 0 spiro atoms. The molecule has 0 atom stereocenters. The highest BCUT2D eigenvalue weighted by molar-refractivity contribution is 5.88. The van der Waals surface area contributed by atoms with Crippen molar-refractivity contribution in [2.45, 2.75) is 26.8 Å². The number of carbonyl (C=O) groups is 1. The van der Waals surface area contributed by atoms with Gasteiger partial charge < -0.3 is 9.73 Å². The minimum atomic E-state index is 0.00443. The van der Waals surface area contributed by atoms with Gasteiger partial charge in [-0.1, -0.05) is 30.3 Å². The van der Waals surface area contributed by atoms with Gasteiger partial charge in [0.2, 0.25) is 5.91 Å². The van der Waals surface area contributed by atoms with E-state index in [1.807, 2.05) is 36.4 Å². The Morgan fingerprint density at radius 2 is 1.82 bits per heavy atom. The maximum atomic E-state index is 12.1. The Labute approximate surface area is 130 Å². The number of nitrogens with one attached hydrogen (secondary N) is 1. The molecule has 0 aliphatic rings. The van der Waals surface area contributed by atoms with Gasteiger partial charge in [0, 0.05) is 17.5 Å². The fourth-order valence-electron chi connectivity index (χ4n) is 2.51. The Hall–Kier alpha value is -2.55. The van der Waals surface area contributed by atoms with Crippen molar-refractivity contribution in [3.63, 3.8) is 0 Å². The van der Waals surface area contributed by atoms with Gasteiger partial charge in [-0.2, -0.15) is 0 Å². The summed E-state index contributed by atoms with van der Waals surface area (Å²) in [4.78, 5) is 12.1. The summed E-state index contributed by atoms with van der Waals surface area (Å²) in [5.41, 5.74) is 5.28. The molecule has 3 nitrogen and oxygen atoms in total. The number of hydrogen-bond acceptors (Lipinski definition) is 2. The van der Waals surface area contributed by atoms with Gasteiger partial charge in [0.15, 0.2) is 0 Å². The maximum Gasteiger partial charge on any atom is 0.224 e. The highest BCUT2D eigenvalue weighted by Crippen LogP contribution is 2.25. The largest absolute Gasteiger partial charge is 0.464 e. The van der Waals surface area contributed by atoms with Crippen LogP contribution in [0.5, 0.6) is 0 Å². The average molecular weight is 293 g/mol. The Kier molecular flexibility index (Phi) is 3.96. The van der Waals surface area contributed by atoms with Crippen molar-refractivity contribution in [1.82, 2.24) is 5.32 Å². The molecular weight excluding hydrogens is 274 g/mol. The van der Waals surface area contributed by atoms with E-state index in [-0.39, 0.29) is 5.91 Å². The Bertz CT molecular complexity index is 803. The van der Waals surface area contributed by atoms with Crippen LogP contribution in [0.4, 0.5) is 0 Å². The van der Waals surface area contributed by atoms with E-state index in [2.05, 4.69) is 25.2 Å². The highest BCUT2D eigenvalue weighted by Gasteiger charge is 2.11. The molecule has 0 aliphatic carbocycles. The van der Waals surface area contributed by atoms with Crippen molar-refractivity contribution >= 4 is 16.9 Å². The van der Waals surface area contributed by atoms with Crippen LogP contribution in [0.15, 0.2) is 53.1 Å². The molecule has 0 aliphatic heterocycles. The van der Waals surface area contributed by atoms with Crippen molar-refractivity contribution in [2.24, 2.45) is 0 Å². The second-order valence-electron chi connectivity index (χ2n) is 5.63. The monoisotopic (exact) mass is 293 g/mol. The molecule has 1 amide bonds. The van der Waals surface area contributed by atoms with Crippen LogP contribution in [-0.2, 0) is 17.8 Å². The van der Waals surface area contributed by atoms with Crippen molar-refractivity contribution in [2.75, 3.05) is 0 Å². The van der Waals surface area contributed by atoms with Crippen LogP contribution in [0.25, 0.3) is 11.0 Å². The molecule has 1 heterocycles. The maximum absolute atomic E-state index is 12.1. The van der Waals surface area contributed by atoms with Gasteiger partial charge >= 0.3 is 0 Å². The lowest BCUT2D eigenvalue weighted by molar-refractivity contribution is -0.120. The molecule has 112 valence electrons. The number of amides is 1. The molecule has 3 aromatic rings. The van der Waals surface area contributed by atoms with Crippen LogP contribution in [0, 0.1) is 13.8 Å². The summed E-state index contributed by atoms with van der Waals surface area (Å²) < 4.78 is 5.57. The van der Waals surface area contributed by atoms with Gasteiger partial charge in [-0.3, -0.25) is 4.79 Å². The van der Waals surface area contributed by atoms with E-state index in [1.165, 1.54) is 11.1 Å². The zero-order valence-corrected chi connectivity index (χ0v) is 12.8. The first-order chi connectivity index (χ1) is 10.6. The number of rotatable bonds is 4. The number of furan rings is 1. The fraction of sp³-hybridized carbons (Fsp3) is 0.211. The van der Waals surface area contributed by atoms with E-state index < -0.39 is 0 Å². The molecule has 3 rings (SSSR count). The smallest absolute Gasteiger partial charge is 0.224 e. The molecule has 0 saturated heterocycles. The normalized spacial score (nSPS) is 10.8. The predicted octanol–water partition coefficient (Wildman–Crippen LogP) is 3.91. The van der Waals surface area contributed by atoms with E-state index in [0.29, 0.717) is 13.0 Å². The van der Waals surface area contributed by atoms with Gasteiger partial charge in [0.25, 0.3) is 0 Å². The summed E-state index contributed by atoms with van der Waals surface area (Å²) in [6, 6.07) is 14.0. The third-order valence-corrected chi connectivity index (χ3v) is 3.95. The summed E-state index contributed by atoms with van der Waals surface area (Å²) in [6.45, 7) is 4.68. The number of aryl methyl sites for hydroxylation is 2. The zero-order chi connectivity index (χ0) is 15.5. The number of hydrogen-bond donors (Lipinski definition) is 1. The first kappa shape index (κ1) is 14.4. The molecule has 0 saturated carbocycles. The summed E-state index contributed by atoms with van der Waals surface area (Å²) in [5, 5.41) is 3.97. The third kappa shape index (κ3) is 3.03. The number of fused-ring (bicyclic) bond motifs is 1. The Balaban J connectivity index is 1.70. The van der Waals surface area contributed by atoms with Crippen LogP contribution in [0.3, 0.4) is 0 Å². The molecular formula is C19H19NO2. The predicted molar refractivity (Wildman–Crippen MR) is 87.7 cm³/mol. The minimum absolute atomic E-state index is 0.00443. The molecule has 1 aromatic heterocycles. The van der Waals surface area contributed by atoms with Crippen molar-refractivity contribution in [1.29, 1.82) is 0 Å². The SMILES string of the molecule is Cc1cc2occ(CC(=O)NCc3ccccc3)c2cc1C. The number of carbonyl (C=O) groups excluding carboxylic acids is 1. The van der Waals surface area contributed by atoms with E-state index in [4.69, 9.17) is 4.42 Å². The molecule has 0 bridgehead atoms. The first-order valence-corrected chi connectivity index (χ1v) is 7.41. The average Bonchev–Trinajstić information content (AvgIpc) is 2.89. The van der Waals surface area contributed by atoms with Crippen LogP contribution in [0.1, 0.15) is 22.3 Å². The Morgan fingerprint density at radius 1 is 1.09 bits per heavy atom. The lowest BCUT2D eigenvalue weighted by Crippen LogP contribution is -2.24. The summed E-state index contributed by atoms with van der Waals surface area (Å²) in [5.74, 6) is 0.00443. The lowest BCUT2D eigenvalue weighted by atomic mass is 10.0. The first-order valence-electron chi connectivity index (χ1n) is 7.41. The van der Waals surface area contributed by atoms with Crippen molar-refractivity contribution in [3.8, 4) is 0 Å². The second kappa shape index (κ2) is 6.06. The van der Waals surface area contributed by atoms with Gasteiger partial charge in [-0.15, -0.1) is 0 Å².